The molecule has 2 saturated carbocycles. The minimum absolute atomic E-state index is 0. The quantitative estimate of drug-likeness (QED) is 0.750. The molecule has 3 rings (SSSR count). The molecule has 2 unspecified atom stereocenters. The molecule has 0 saturated heterocycles. The Balaban J connectivity index is 0.00000243. The average Bonchev–Trinajstić information content (AvgIpc) is 2.56. The van der Waals surface area contributed by atoms with Crippen molar-refractivity contribution in [2.75, 3.05) is 11.9 Å². The van der Waals surface area contributed by atoms with Crippen molar-refractivity contribution in [3.8, 4) is 0 Å². The van der Waals surface area contributed by atoms with Gasteiger partial charge in [0.1, 0.15) is 0 Å². The number of nitrogens with two attached hydrogens (primary N) is 1. The van der Waals surface area contributed by atoms with Crippen LogP contribution in [0.2, 0.25) is 0 Å². The lowest BCUT2D eigenvalue weighted by Gasteiger charge is -2.43. The summed E-state index contributed by atoms with van der Waals surface area (Å²) in [5.74, 6) is 1.04. The van der Waals surface area contributed by atoms with Gasteiger partial charge in [0.05, 0.1) is 0 Å². The van der Waals surface area contributed by atoms with Gasteiger partial charge in [0.2, 0.25) is 5.91 Å². The molecule has 144 valence electrons. The highest BCUT2D eigenvalue weighted by atomic mass is 35.5. The summed E-state index contributed by atoms with van der Waals surface area (Å²) in [5.41, 5.74) is 8.64. The van der Waals surface area contributed by atoms with Crippen molar-refractivity contribution >= 4 is 29.9 Å². The van der Waals surface area contributed by atoms with Crippen molar-refractivity contribution in [3.63, 3.8) is 0 Å². The number of hydrogen-bond donors (Lipinski definition) is 3. The Bertz CT molecular complexity index is 650. The first-order valence-corrected chi connectivity index (χ1v) is 9.45. The number of rotatable bonds is 4. The molecule has 0 aliphatic heterocycles. The summed E-state index contributed by atoms with van der Waals surface area (Å²) < 4.78 is 0. The molecule has 2 fully saturated rings. The average molecular weight is 380 g/mol. The van der Waals surface area contributed by atoms with Crippen LogP contribution in [-0.4, -0.2) is 24.4 Å². The van der Waals surface area contributed by atoms with E-state index in [4.69, 9.17) is 5.73 Å². The van der Waals surface area contributed by atoms with Crippen molar-refractivity contribution in [1.82, 2.24) is 5.32 Å². The topological polar surface area (TPSA) is 84.2 Å². The van der Waals surface area contributed by atoms with Crippen LogP contribution in [0.1, 0.15) is 54.9 Å². The van der Waals surface area contributed by atoms with Crippen molar-refractivity contribution in [2.24, 2.45) is 23.5 Å². The van der Waals surface area contributed by atoms with Gasteiger partial charge in [0.15, 0.2) is 0 Å². The van der Waals surface area contributed by atoms with Gasteiger partial charge in [-0.1, -0.05) is 6.42 Å². The summed E-state index contributed by atoms with van der Waals surface area (Å²) in [6.45, 7) is 4.41. The zero-order valence-corrected chi connectivity index (χ0v) is 16.4. The number of carbonyl (C=O) groups is 2. The summed E-state index contributed by atoms with van der Waals surface area (Å²) >= 11 is 0. The van der Waals surface area contributed by atoms with Crippen LogP contribution in [0.25, 0.3) is 0 Å². The lowest BCUT2D eigenvalue weighted by atomic mass is 9.65. The highest BCUT2D eigenvalue weighted by Gasteiger charge is 2.40. The van der Waals surface area contributed by atoms with Crippen LogP contribution in [0.15, 0.2) is 18.2 Å². The molecule has 0 aromatic heterocycles. The third-order valence-electron chi connectivity index (χ3n) is 5.87. The van der Waals surface area contributed by atoms with Crippen molar-refractivity contribution < 1.29 is 9.59 Å². The molecule has 0 heterocycles. The highest BCUT2D eigenvalue weighted by Crippen LogP contribution is 2.42. The van der Waals surface area contributed by atoms with E-state index in [-0.39, 0.29) is 36.2 Å². The number of hydrogen-bond acceptors (Lipinski definition) is 3. The molecule has 1 aromatic rings. The molecule has 5 nitrogen and oxygen atoms in total. The Hall–Kier alpha value is -1.59. The van der Waals surface area contributed by atoms with Crippen LogP contribution < -0.4 is 16.4 Å². The van der Waals surface area contributed by atoms with Crippen LogP contribution in [0.5, 0.6) is 0 Å². The number of anilines is 1. The first-order valence-electron chi connectivity index (χ1n) is 9.45. The number of carbonyl (C=O) groups excluding carboxylic acids is 2. The number of halogens is 1. The van der Waals surface area contributed by atoms with Gasteiger partial charge < -0.3 is 16.4 Å². The minimum Gasteiger partial charge on any atom is -0.352 e. The van der Waals surface area contributed by atoms with Gasteiger partial charge in [-0.05, 0) is 75.1 Å². The first-order chi connectivity index (χ1) is 12.0. The molecule has 2 amide bonds. The summed E-state index contributed by atoms with van der Waals surface area (Å²) in [6.07, 6.45) is 5.36. The van der Waals surface area contributed by atoms with Gasteiger partial charge in [-0.2, -0.15) is 0 Å². The second-order valence-electron chi connectivity index (χ2n) is 7.58. The molecule has 0 radical (unpaired) electrons. The van der Waals surface area contributed by atoms with Crippen molar-refractivity contribution in [1.29, 1.82) is 0 Å². The van der Waals surface area contributed by atoms with E-state index in [1.807, 2.05) is 26.0 Å². The largest absolute Gasteiger partial charge is 0.352 e. The number of nitrogens with one attached hydrogen (secondary N) is 2. The van der Waals surface area contributed by atoms with E-state index < -0.39 is 0 Å². The zero-order chi connectivity index (χ0) is 18.0. The van der Waals surface area contributed by atoms with E-state index in [1.165, 1.54) is 6.42 Å². The maximum absolute atomic E-state index is 12.7. The number of benzene rings is 1. The smallest absolute Gasteiger partial charge is 0.251 e. The Morgan fingerprint density at radius 3 is 2.42 bits per heavy atom. The monoisotopic (exact) mass is 379 g/mol. The van der Waals surface area contributed by atoms with Gasteiger partial charge in [0, 0.05) is 29.8 Å². The molecule has 6 heteroatoms. The van der Waals surface area contributed by atoms with Gasteiger partial charge >= 0.3 is 0 Å². The Morgan fingerprint density at radius 2 is 1.85 bits per heavy atom. The molecule has 1 aromatic carbocycles. The lowest BCUT2D eigenvalue weighted by molar-refractivity contribution is -0.122. The second kappa shape index (κ2) is 8.87. The van der Waals surface area contributed by atoms with Crippen LogP contribution >= 0.6 is 12.4 Å². The molecular weight excluding hydrogens is 350 g/mol. The molecule has 2 bridgehead atoms. The summed E-state index contributed by atoms with van der Waals surface area (Å²) in [4.78, 5) is 24.7. The molecule has 2 atom stereocenters. The van der Waals surface area contributed by atoms with E-state index in [2.05, 4.69) is 10.6 Å². The van der Waals surface area contributed by atoms with Crippen molar-refractivity contribution in [3.05, 3.63) is 29.3 Å². The number of amides is 2. The summed E-state index contributed by atoms with van der Waals surface area (Å²) in [5, 5.41) is 5.86. The Kier molecular flexibility index (Phi) is 7.07. The van der Waals surface area contributed by atoms with Crippen LogP contribution in [0, 0.1) is 24.7 Å². The van der Waals surface area contributed by atoms with Gasteiger partial charge in [0.25, 0.3) is 5.91 Å². The second-order valence-corrected chi connectivity index (χ2v) is 7.58. The van der Waals surface area contributed by atoms with E-state index in [0.717, 1.165) is 36.9 Å². The third kappa shape index (κ3) is 4.38. The molecule has 2 aliphatic rings. The first kappa shape index (κ1) is 20.7. The third-order valence-corrected chi connectivity index (χ3v) is 5.87. The fourth-order valence-electron chi connectivity index (χ4n) is 4.45. The standard InChI is InChI=1S/C20H29N3O2.ClH/c1-3-22-19(24)15-7-8-17(12(2)9-15)23-20(25)16-10-13-5-4-6-14(11-16)18(13)21;/h7-9,13-14,16,18H,3-6,10-11,21H2,1-2H3,(H,22,24)(H,23,25);1H. The number of fused-ring (bicyclic) bond motifs is 2. The van der Waals surface area contributed by atoms with E-state index in [1.54, 1.807) is 6.07 Å². The van der Waals surface area contributed by atoms with Crippen LogP contribution in [-0.2, 0) is 4.79 Å². The number of aryl methyl sites for hydroxylation is 1. The molecular formula is C20H30ClN3O2. The fraction of sp³-hybridized carbons (Fsp3) is 0.600. The van der Waals surface area contributed by atoms with Crippen LogP contribution in [0.3, 0.4) is 0 Å². The van der Waals surface area contributed by atoms with Gasteiger partial charge in [-0.15, -0.1) is 12.4 Å². The fourth-order valence-corrected chi connectivity index (χ4v) is 4.45. The predicted octanol–water partition coefficient (Wildman–Crippen LogP) is 3.26. The predicted molar refractivity (Wildman–Crippen MR) is 107 cm³/mol. The Morgan fingerprint density at radius 1 is 1.19 bits per heavy atom. The van der Waals surface area contributed by atoms with Gasteiger partial charge in [-0.25, -0.2) is 0 Å². The van der Waals surface area contributed by atoms with Crippen LogP contribution in [0.4, 0.5) is 5.69 Å². The zero-order valence-electron chi connectivity index (χ0n) is 15.6. The molecule has 4 N–H and O–H groups in total. The maximum atomic E-state index is 12.7. The van der Waals surface area contributed by atoms with Crippen molar-refractivity contribution in [2.45, 2.75) is 52.0 Å². The van der Waals surface area contributed by atoms with E-state index in [0.29, 0.717) is 23.9 Å². The maximum Gasteiger partial charge on any atom is 0.251 e. The molecule has 2 aliphatic carbocycles. The highest BCUT2D eigenvalue weighted by molar-refractivity contribution is 5.97. The minimum atomic E-state index is -0.0856. The van der Waals surface area contributed by atoms with E-state index >= 15 is 0 Å². The normalized spacial score (nSPS) is 27.2. The Labute approximate surface area is 161 Å². The SMILES string of the molecule is CCNC(=O)c1ccc(NC(=O)C2CC3CCCC(C2)C3N)c(C)c1.Cl. The molecule has 0 spiro atoms. The molecule has 26 heavy (non-hydrogen) atoms. The lowest BCUT2D eigenvalue weighted by Crippen LogP contribution is -2.48. The van der Waals surface area contributed by atoms with E-state index in [9.17, 15) is 9.59 Å². The van der Waals surface area contributed by atoms with Gasteiger partial charge in [-0.3, -0.25) is 9.59 Å². The summed E-state index contributed by atoms with van der Waals surface area (Å²) in [7, 11) is 0. The summed E-state index contributed by atoms with van der Waals surface area (Å²) in [6, 6.07) is 5.69.